The van der Waals surface area contributed by atoms with Crippen molar-refractivity contribution in [2.75, 3.05) is 6.61 Å². The number of hydrogen-bond acceptors (Lipinski definition) is 5. The fraction of sp³-hybridized carbons (Fsp3) is 0.458. The van der Waals surface area contributed by atoms with E-state index in [0.29, 0.717) is 37.4 Å². The van der Waals surface area contributed by atoms with Crippen LogP contribution < -0.4 is 4.74 Å². The first-order chi connectivity index (χ1) is 15.3. The number of nitrogens with zero attached hydrogens (tertiary/aromatic N) is 3. The van der Waals surface area contributed by atoms with Crippen molar-refractivity contribution in [3.8, 4) is 11.8 Å². The lowest BCUT2D eigenvalue weighted by Crippen LogP contribution is -2.37. The monoisotopic (exact) mass is 436 g/mol. The number of aryl methyl sites for hydroxylation is 3. The first-order valence-electron chi connectivity index (χ1n) is 10.9. The van der Waals surface area contributed by atoms with Crippen LogP contribution in [-0.2, 0) is 35.2 Å². The summed E-state index contributed by atoms with van der Waals surface area (Å²) in [6.45, 7) is 6.66. The van der Waals surface area contributed by atoms with E-state index >= 15 is 0 Å². The number of hydrogen-bond donors (Lipinski definition) is 2. The molecule has 1 aromatic carbocycles. The minimum atomic E-state index is -0.918. The van der Waals surface area contributed by atoms with Crippen molar-refractivity contribution in [2.24, 2.45) is 7.05 Å². The van der Waals surface area contributed by atoms with Crippen LogP contribution in [-0.4, -0.2) is 32.4 Å². The Morgan fingerprint density at radius 2 is 2.22 bits per heavy atom. The maximum absolute atomic E-state index is 11.7. The zero-order chi connectivity index (χ0) is 23.0. The number of H-pyrrole nitrogens is 1. The van der Waals surface area contributed by atoms with E-state index in [-0.39, 0.29) is 6.42 Å². The highest BCUT2D eigenvalue weighted by molar-refractivity contribution is 5.94. The minimum Gasteiger partial charge on any atom is -0.487 e. The molecule has 1 atom stereocenters. The number of nitriles is 1. The standard InChI is InChI=1S/C24H28N4O4/c1-5-7-24(11-20(29)30)23-18(6-8-32-24)21-16(12-25)10-19(15(3)22(21)26-23)31-13-17-9-14(2)28(4)27-17/h9-10,26H,5-8,11,13H2,1-4H3,(H,29,30). The lowest BCUT2D eigenvalue weighted by molar-refractivity contribution is -0.149. The number of rotatable bonds is 7. The summed E-state index contributed by atoms with van der Waals surface area (Å²) in [5, 5.41) is 24.8. The highest BCUT2D eigenvalue weighted by Gasteiger charge is 2.42. The zero-order valence-electron chi connectivity index (χ0n) is 18.9. The molecule has 1 aliphatic heterocycles. The van der Waals surface area contributed by atoms with Gasteiger partial charge in [0, 0.05) is 23.7 Å². The van der Waals surface area contributed by atoms with Crippen molar-refractivity contribution >= 4 is 16.9 Å². The number of aromatic amines is 1. The van der Waals surface area contributed by atoms with Crippen molar-refractivity contribution in [3.05, 3.63) is 45.9 Å². The second kappa shape index (κ2) is 8.32. The molecule has 0 saturated heterocycles. The van der Waals surface area contributed by atoms with Gasteiger partial charge in [-0.3, -0.25) is 9.48 Å². The second-order valence-corrected chi connectivity index (χ2v) is 8.49. The normalized spacial score (nSPS) is 17.8. The van der Waals surface area contributed by atoms with Crippen LogP contribution in [0.4, 0.5) is 0 Å². The van der Waals surface area contributed by atoms with Gasteiger partial charge in [-0.2, -0.15) is 10.4 Å². The maximum atomic E-state index is 11.7. The van der Waals surface area contributed by atoms with Crippen LogP contribution in [0.15, 0.2) is 12.1 Å². The van der Waals surface area contributed by atoms with Crippen LogP contribution >= 0.6 is 0 Å². The lowest BCUT2D eigenvalue weighted by Gasteiger charge is -2.36. The summed E-state index contributed by atoms with van der Waals surface area (Å²) >= 11 is 0. The first-order valence-corrected chi connectivity index (χ1v) is 10.9. The molecule has 8 heteroatoms. The van der Waals surface area contributed by atoms with Crippen molar-refractivity contribution in [1.82, 2.24) is 14.8 Å². The molecule has 1 aliphatic rings. The van der Waals surface area contributed by atoms with Gasteiger partial charge >= 0.3 is 5.97 Å². The predicted octanol–water partition coefficient (Wildman–Crippen LogP) is 4.01. The van der Waals surface area contributed by atoms with Crippen molar-refractivity contribution < 1.29 is 19.4 Å². The summed E-state index contributed by atoms with van der Waals surface area (Å²) in [7, 11) is 1.88. The Balaban J connectivity index is 1.82. The molecule has 0 spiro atoms. The second-order valence-electron chi connectivity index (χ2n) is 8.49. The fourth-order valence-corrected chi connectivity index (χ4v) is 4.78. The Hall–Kier alpha value is -3.31. The van der Waals surface area contributed by atoms with Crippen LogP contribution in [0.1, 0.15) is 60.0 Å². The van der Waals surface area contributed by atoms with Crippen molar-refractivity contribution in [1.29, 1.82) is 5.26 Å². The molecule has 168 valence electrons. The SMILES string of the molecule is CCCC1(CC(=O)O)OCCc2c1[nH]c1c(C)c(OCc3cc(C)n(C)n3)cc(C#N)c21. The molecule has 3 heterocycles. The Labute approximate surface area is 186 Å². The van der Waals surface area contributed by atoms with Gasteiger partial charge in [-0.15, -0.1) is 0 Å². The van der Waals surface area contributed by atoms with Gasteiger partial charge in [-0.25, -0.2) is 0 Å². The van der Waals surface area contributed by atoms with E-state index < -0.39 is 11.6 Å². The van der Waals surface area contributed by atoms with Gasteiger partial charge in [0.1, 0.15) is 23.7 Å². The van der Waals surface area contributed by atoms with E-state index in [1.165, 1.54) is 0 Å². The Kier molecular flexibility index (Phi) is 5.70. The topological polar surface area (TPSA) is 113 Å². The third-order valence-electron chi connectivity index (χ3n) is 6.33. The highest BCUT2D eigenvalue weighted by Crippen LogP contribution is 2.45. The number of carboxylic acids is 1. The summed E-state index contributed by atoms with van der Waals surface area (Å²) in [5.41, 5.74) is 4.88. The van der Waals surface area contributed by atoms with Gasteiger partial charge in [-0.05, 0) is 44.4 Å². The smallest absolute Gasteiger partial charge is 0.306 e. The molecule has 1 unspecified atom stereocenters. The third-order valence-corrected chi connectivity index (χ3v) is 6.33. The fourth-order valence-electron chi connectivity index (χ4n) is 4.78. The summed E-state index contributed by atoms with van der Waals surface area (Å²) in [6.07, 6.45) is 1.87. The molecule has 0 radical (unpaired) electrons. The number of aliphatic carboxylic acids is 1. The van der Waals surface area contributed by atoms with E-state index in [1.807, 2.05) is 33.9 Å². The number of carboxylic acid groups (broad SMARTS) is 1. The Bertz CT molecular complexity index is 1210. The predicted molar refractivity (Wildman–Crippen MR) is 119 cm³/mol. The third kappa shape index (κ3) is 3.63. The largest absolute Gasteiger partial charge is 0.487 e. The average Bonchev–Trinajstić information content (AvgIpc) is 3.29. The van der Waals surface area contributed by atoms with Crippen molar-refractivity contribution in [2.45, 2.75) is 58.7 Å². The van der Waals surface area contributed by atoms with Crippen LogP contribution in [0.5, 0.6) is 5.75 Å². The minimum absolute atomic E-state index is 0.121. The quantitative estimate of drug-likeness (QED) is 0.578. The number of fused-ring (bicyclic) bond motifs is 3. The van der Waals surface area contributed by atoms with Gasteiger partial charge in [0.25, 0.3) is 0 Å². The van der Waals surface area contributed by atoms with Gasteiger partial charge in [0.2, 0.25) is 0 Å². The summed E-state index contributed by atoms with van der Waals surface area (Å²) < 4.78 is 14.0. The van der Waals surface area contributed by atoms with E-state index in [1.54, 1.807) is 10.7 Å². The summed E-state index contributed by atoms with van der Waals surface area (Å²) in [4.78, 5) is 15.1. The maximum Gasteiger partial charge on any atom is 0.306 e. The van der Waals surface area contributed by atoms with E-state index in [2.05, 4.69) is 16.2 Å². The Morgan fingerprint density at radius 1 is 1.44 bits per heavy atom. The first kappa shape index (κ1) is 21.9. The molecule has 0 bridgehead atoms. The van der Waals surface area contributed by atoms with E-state index in [0.717, 1.165) is 45.5 Å². The molecule has 4 rings (SSSR count). The summed E-state index contributed by atoms with van der Waals surface area (Å²) in [6, 6.07) is 6.05. The van der Waals surface area contributed by atoms with Gasteiger partial charge in [0.05, 0.1) is 35.9 Å². The molecule has 3 aromatic rings. The molecule has 0 saturated carbocycles. The van der Waals surface area contributed by atoms with E-state index in [4.69, 9.17) is 9.47 Å². The molecule has 2 aromatic heterocycles. The number of ether oxygens (including phenoxy) is 2. The van der Waals surface area contributed by atoms with Crippen LogP contribution in [0, 0.1) is 25.2 Å². The van der Waals surface area contributed by atoms with Crippen molar-refractivity contribution in [3.63, 3.8) is 0 Å². The molecule has 0 fully saturated rings. The van der Waals surface area contributed by atoms with Gasteiger partial charge in [0.15, 0.2) is 0 Å². The zero-order valence-corrected chi connectivity index (χ0v) is 18.9. The number of aromatic nitrogens is 3. The number of benzene rings is 1. The molecular formula is C24H28N4O4. The molecule has 2 N–H and O–H groups in total. The van der Waals surface area contributed by atoms with Gasteiger partial charge < -0.3 is 19.6 Å². The summed E-state index contributed by atoms with van der Waals surface area (Å²) in [5.74, 6) is -0.298. The van der Waals surface area contributed by atoms with Gasteiger partial charge in [-0.1, -0.05) is 13.3 Å². The highest BCUT2D eigenvalue weighted by atomic mass is 16.5. The Morgan fingerprint density at radius 3 is 2.84 bits per heavy atom. The number of nitrogens with one attached hydrogen (secondary N) is 1. The van der Waals surface area contributed by atoms with Crippen LogP contribution in [0.3, 0.4) is 0 Å². The molecule has 0 amide bonds. The number of carbonyl (C=O) groups is 1. The molecule has 0 aliphatic carbocycles. The lowest BCUT2D eigenvalue weighted by atomic mass is 9.84. The molecular weight excluding hydrogens is 408 g/mol. The van der Waals surface area contributed by atoms with E-state index in [9.17, 15) is 15.2 Å². The molecule has 8 nitrogen and oxygen atoms in total. The average molecular weight is 437 g/mol. The molecule has 32 heavy (non-hydrogen) atoms. The van der Waals surface area contributed by atoms with Crippen LogP contribution in [0.2, 0.25) is 0 Å². The van der Waals surface area contributed by atoms with Crippen LogP contribution in [0.25, 0.3) is 10.9 Å².